The van der Waals surface area contributed by atoms with Gasteiger partial charge in [-0.1, -0.05) is 30.7 Å². The van der Waals surface area contributed by atoms with Gasteiger partial charge >= 0.3 is 5.97 Å². The summed E-state index contributed by atoms with van der Waals surface area (Å²) >= 11 is 6.14. The van der Waals surface area contributed by atoms with E-state index >= 15 is 0 Å². The number of aliphatic hydroxyl groups excluding tert-OH is 1. The largest absolute Gasteiger partial charge is 0.465 e. The number of ether oxygens (including phenoxy) is 1. The third-order valence-electron chi connectivity index (χ3n) is 3.53. The highest BCUT2D eigenvalue weighted by Gasteiger charge is 2.18. The molecule has 2 rings (SSSR count). The maximum Gasteiger partial charge on any atom is 0.340 e. The SMILES string of the molecule is CC[C@H](CO)Nc1cnn(-c2ccccc2C(=O)OC)c(=O)c1Cl. The molecule has 1 atom stereocenters. The second kappa shape index (κ2) is 7.94. The van der Waals surface area contributed by atoms with Gasteiger partial charge in [0.15, 0.2) is 0 Å². The summed E-state index contributed by atoms with van der Waals surface area (Å²) in [6.07, 6.45) is 2.04. The Hall–Kier alpha value is -2.38. The number of para-hydroxylation sites is 1. The molecule has 2 aromatic rings. The van der Waals surface area contributed by atoms with Crippen molar-refractivity contribution in [2.75, 3.05) is 19.0 Å². The Kier molecular flexibility index (Phi) is 5.94. The fourth-order valence-electron chi connectivity index (χ4n) is 2.14. The van der Waals surface area contributed by atoms with Crippen molar-refractivity contribution in [2.45, 2.75) is 19.4 Å². The lowest BCUT2D eigenvalue weighted by Crippen LogP contribution is -2.28. The van der Waals surface area contributed by atoms with Gasteiger partial charge in [-0.15, -0.1) is 0 Å². The zero-order valence-electron chi connectivity index (χ0n) is 13.3. The molecule has 24 heavy (non-hydrogen) atoms. The lowest BCUT2D eigenvalue weighted by atomic mass is 10.2. The van der Waals surface area contributed by atoms with Crippen molar-refractivity contribution in [3.05, 3.63) is 51.4 Å². The third kappa shape index (κ3) is 3.58. The summed E-state index contributed by atoms with van der Waals surface area (Å²) in [4.78, 5) is 24.4. The molecule has 2 N–H and O–H groups in total. The lowest BCUT2D eigenvalue weighted by Gasteiger charge is -2.17. The van der Waals surface area contributed by atoms with Crippen LogP contribution in [0, 0.1) is 0 Å². The van der Waals surface area contributed by atoms with Gasteiger partial charge in [-0.05, 0) is 18.6 Å². The lowest BCUT2D eigenvalue weighted by molar-refractivity contribution is 0.0600. The van der Waals surface area contributed by atoms with Gasteiger partial charge in [0.25, 0.3) is 5.56 Å². The summed E-state index contributed by atoms with van der Waals surface area (Å²) in [6, 6.07) is 6.21. The van der Waals surface area contributed by atoms with Crippen molar-refractivity contribution >= 4 is 23.3 Å². The number of benzene rings is 1. The Labute approximate surface area is 143 Å². The molecule has 1 aromatic carbocycles. The van der Waals surface area contributed by atoms with Crippen molar-refractivity contribution in [1.82, 2.24) is 9.78 Å². The highest BCUT2D eigenvalue weighted by Crippen LogP contribution is 2.20. The molecule has 0 aliphatic rings. The van der Waals surface area contributed by atoms with E-state index in [0.717, 1.165) is 4.68 Å². The van der Waals surface area contributed by atoms with Gasteiger partial charge in [0.05, 0.1) is 36.9 Å². The van der Waals surface area contributed by atoms with E-state index in [1.807, 2.05) is 6.92 Å². The normalized spacial score (nSPS) is 11.8. The molecule has 0 amide bonds. The van der Waals surface area contributed by atoms with Gasteiger partial charge < -0.3 is 15.2 Å². The van der Waals surface area contributed by atoms with Crippen LogP contribution in [0.3, 0.4) is 0 Å². The van der Waals surface area contributed by atoms with E-state index in [2.05, 4.69) is 10.4 Å². The van der Waals surface area contributed by atoms with Crippen LogP contribution in [0.2, 0.25) is 5.02 Å². The molecule has 7 nitrogen and oxygen atoms in total. The van der Waals surface area contributed by atoms with Crippen LogP contribution < -0.4 is 10.9 Å². The van der Waals surface area contributed by atoms with Crippen LogP contribution in [0.5, 0.6) is 0 Å². The fourth-order valence-corrected chi connectivity index (χ4v) is 2.33. The molecule has 0 fully saturated rings. The number of esters is 1. The number of nitrogens with one attached hydrogen (secondary N) is 1. The summed E-state index contributed by atoms with van der Waals surface area (Å²) in [7, 11) is 1.26. The summed E-state index contributed by atoms with van der Waals surface area (Å²) in [5, 5.41) is 16.2. The Balaban J connectivity index is 2.50. The van der Waals surface area contributed by atoms with E-state index in [4.69, 9.17) is 16.3 Å². The highest BCUT2D eigenvalue weighted by atomic mass is 35.5. The Morgan fingerprint density at radius 2 is 2.17 bits per heavy atom. The number of carbonyl (C=O) groups excluding carboxylic acids is 1. The molecule has 0 unspecified atom stereocenters. The first-order valence-electron chi connectivity index (χ1n) is 7.36. The van der Waals surface area contributed by atoms with E-state index in [9.17, 15) is 14.7 Å². The van der Waals surface area contributed by atoms with E-state index in [1.165, 1.54) is 19.4 Å². The first-order chi connectivity index (χ1) is 11.5. The number of nitrogens with zero attached hydrogens (tertiary/aromatic N) is 2. The predicted molar refractivity (Wildman–Crippen MR) is 91.0 cm³/mol. The molecule has 128 valence electrons. The summed E-state index contributed by atoms with van der Waals surface area (Å²) in [5.41, 5.74) is 0.227. The summed E-state index contributed by atoms with van der Waals surface area (Å²) in [5.74, 6) is -0.580. The quantitative estimate of drug-likeness (QED) is 0.771. The van der Waals surface area contributed by atoms with Gasteiger partial charge in [-0.2, -0.15) is 9.78 Å². The van der Waals surface area contributed by atoms with Crippen LogP contribution in [0.15, 0.2) is 35.3 Å². The van der Waals surface area contributed by atoms with E-state index < -0.39 is 11.5 Å². The number of hydrogen-bond acceptors (Lipinski definition) is 6. The van der Waals surface area contributed by atoms with Crippen molar-refractivity contribution < 1.29 is 14.6 Å². The maximum absolute atomic E-state index is 12.5. The number of methoxy groups -OCH3 is 1. The topological polar surface area (TPSA) is 93.5 Å². The second-order valence-corrected chi connectivity index (χ2v) is 5.41. The van der Waals surface area contributed by atoms with Crippen LogP contribution in [0.25, 0.3) is 5.69 Å². The van der Waals surface area contributed by atoms with Gasteiger partial charge in [0.1, 0.15) is 5.02 Å². The molecule has 1 heterocycles. The zero-order chi connectivity index (χ0) is 17.7. The number of carbonyl (C=O) groups is 1. The van der Waals surface area contributed by atoms with Crippen LogP contribution in [-0.4, -0.2) is 40.6 Å². The van der Waals surface area contributed by atoms with Crippen molar-refractivity contribution in [2.24, 2.45) is 0 Å². The third-order valence-corrected chi connectivity index (χ3v) is 3.89. The first-order valence-corrected chi connectivity index (χ1v) is 7.74. The molecular formula is C16H18ClN3O4. The second-order valence-electron chi connectivity index (χ2n) is 5.03. The summed E-state index contributed by atoms with van der Waals surface area (Å²) in [6.45, 7) is 1.80. The molecule has 0 bridgehead atoms. The molecule has 1 aromatic heterocycles. The Morgan fingerprint density at radius 1 is 1.46 bits per heavy atom. The molecule has 0 aliphatic carbocycles. The number of halogens is 1. The van der Waals surface area contributed by atoms with Crippen LogP contribution >= 0.6 is 11.6 Å². The van der Waals surface area contributed by atoms with Gasteiger partial charge in [0, 0.05) is 6.04 Å². The van der Waals surface area contributed by atoms with Gasteiger partial charge in [0.2, 0.25) is 0 Å². The minimum absolute atomic E-state index is 0.0726. The Morgan fingerprint density at radius 3 is 2.79 bits per heavy atom. The molecule has 8 heteroatoms. The standard InChI is InChI=1S/C16H18ClN3O4/c1-3-10(9-21)19-12-8-18-20(15(22)14(12)17)13-7-5-4-6-11(13)16(23)24-2/h4-8,10,19,21H,3,9H2,1-2H3/t10-/m1/s1. The molecule has 0 saturated carbocycles. The van der Waals surface area contributed by atoms with Gasteiger partial charge in [-0.3, -0.25) is 4.79 Å². The molecular weight excluding hydrogens is 334 g/mol. The predicted octanol–water partition coefficient (Wildman–Crippen LogP) is 1.86. The van der Waals surface area contributed by atoms with Crippen molar-refractivity contribution in [1.29, 1.82) is 0 Å². The molecule has 0 saturated heterocycles. The molecule has 0 radical (unpaired) electrons. The number of aliphatic hydroxyl groups is 1. The minimum atomic E-state index is -0.580. The van der Waals surface area contributed by atoms with Crippen LogP contribution in [-0.2, 0) is 4.74 Å². The molecule has 0 spiro atoms. The maximum atomic E-state index is 12.5. The van der Waals surface area contributed by atoms with Crippen LogP contribution in [0.4, 0.5) is 5.69 Å². The monoisotopic (exact) mass is 351 g/mol. The number of aromatic nitrogens is 2. The number of hydrogen-bond donors (Lipinski definition) is 2. The number of rotatable bonds is 6. The van der Waals surface area contributed by atoms with Crippen LogP contribution in [0.1, 0.15) is 23.7 Å². The zero-order valence-corrected chi connectivity index (χ0v) is 14.1. The van der Waals surface area contributed by atoms with E-state index in [0.29, 0.717) is 12.1 Å². The van der Waals surface area contributed by atoms with Gasteiger partial charge in [-0.25, -0.2) is 4.79 Å². The van der Waals surface area contributed by atoms with E-state index in [-0.39, 0.29) is 28.9 Å². The average Bonchev–Trinajstić information content (AvgIpc) is 2.62. The van der Waals surface area contributed by atoms with E-state index in [1.54, 1.807) is 18.2 Å². The first kappa shape index (κ1) is 18.0. The minimum Gasteiger partial charge on any atom is -0.465 e. The highest BCUT2D eigenvalue weighted by molar-refractivity contribution is 6.33. The average molecular weight is 352 g/mol. The fraction of sp³-hybridized carbons (Fsp3) is 0.312. The smallest absolute Gasteiger partial charge is 0.340 e. The number of anilines is 1. The van der Waals surface area contributed by atoms with Crippen molar-refractivity contribution in [3.8, 4) is 5.69 Å². The Bertz CT molecular complexity index is 787. The van der Waals surface area contributed by atoms with Crippen molar-refractivity contribution in [3.63, 3.8) is 0 Å². The summed E-state index contributed by atoms with van der Waals surface area (Å²) < 4.78 is 5.76. The molecule has 0 aliphatic heterocycles.